The molecule has 0 aromatic carbocycles. The van der Waals surface area contributed by atoms with Crippen molar-refractivity contribution in [2.45, 2.75) is 33.2 Å². The van der Waals surface area contributed by atoms with E-state index in [1.165, 1.54) is 13.2 Å². The van der Waals surface area contributed by atoms with Gasteiger partial charge in [-0.1, -0.05) is 19.9 Å². The number of hydrogen-bond acceptors (Lipinski definition) is 3. The summed E-state index contributed by atoms with van der Waals surface area (Å²) in [5.74, 6) is -0.352. The second-order valence-electron chi connectivity index (χ2n) is 3.71. The van der Waals surface area contributed by atoms with Crippen LogP contribution < -0.4 is 5.32 Å². The van der Waals surface area contributed by atoms with Gasteiger partial charge in [-0.25, -0.2) is 4.79 Å². The third kappa shape index (κ3) is 5.88. The Bertz CT molecular complexity index is 246. The van der Waals surface area contributed by atoms with E-state index in [0.29, 0.717) is 12.3 Å². The number of esters is 1. The Morgan fingerprint density at radius 2 is 2.00 bits per heavy atom. The molecule has 1 atom stereocenters. The van der Waals surface area contributed by atoms with E-state index in [4.69, 9.17) is 0 Å². The molecule has 1 N–H and O–H groups in total. The Kier molecular flexibility index (Phi) is 6.42. The van der Waals surface area contributed by atoms with Gasteiger partial charge in [0.25, 0.3) is 0 Å². The summed E-state index contributed by atoms with van der Waals surface area (Å²) in [5.41, 5.74) is 0. The lowest BCUT2D eigenvalue weighted by molar-refractivity contribution is -0.145. The summed E-state index contributed by atoms with van der Waals surface area (Å²) in [6.45, 7) is 5.71. The molecule has 0 saturated heterocycles. The Morgan fingerprint density at radius 1 is 1.40 bits per heavy atom. The van der Waals surface area contributed by atoms with E-state index in [1.807, 2.05) is 13.8 Å². The first-order chi connectivity index (χ1) is 7.01. The van der Waals surface area contributed by atoms with Crippen LogP contribution in [0.4, 0.5) is 0 Å². The maximum Gasteiger partial charge on any atom is 0.328 e. The average molecular weight is 213 g/mol. The quantitative estimate of drug-likeness (QED) is 0.552. The first-order valence-electron chi connectivity index (χ1n) is 5.02. The van der Waals surface area contributed by atoms with Gasteiger partial charge in [0, 0.05) is 0 Å². The molecule has 86 valence electrons. The molecule has 15 heavy (non-hydrogen) atoms. The second kappa shape index (κ2) is 7.04. The van der Waals surface area contributed by atoms with Crippen LogP contribution in [0.5, 0.6) is 0 Å². The number of amides is 1. The summed E-state index contributed by atoms with van der Waals surface area (Å²) in [7, 11) is 1.32. The fraction of sp³-hybridized carbons (Fsp3) is 0.636. The zero-order chi connectivity index (χ0) is 11.8. The standard InChI is InChI=1S/C11H19NO3/c1-5-6-10(13)12-9(7-8(2)3)11(14)15-4/h5-6,8-9H,7H2,1-4H3,(H,12,13)/b6-5+/t9-/m0/s1. The van der Waals surface area contributed by atoms with Crippen molar-refractivity contribution >= 4 is 11.9 Å². The third-order valence-corrected chi connectivity index (χ3v) is 1.83. The van der Waals surface area contributed by atoms with E-state index in [-0.39, 0.29) is 5.91 Å². The van der Waals surface area contributed by atoms with Crippen LogP contribution in [0.15, 0.2) is 12.2 Å². The molecule has 0 radical (unpaired) electrons. The molecule has 0 aliphatic rings. The smallest absolute Gasteiger partial charge is 0.328 e. The molecular formula is C11H19NO3. The monoisotopic (exact) mass is 213 g/mol. The third-order valence-electron chi connectivity index (χ3n) is 1.83. The number of methoxy groups -OCH3 is 1. The minimum atomic E-state index is -0.557. The number of nitrogens with one attached hydrogen (secondary N) is 1. The first-order valence-corrected chi connectivity index (χ1v) is 5.02. The van der Waals surface area contributed by atoms with Gasteiger partial charge in [-0.3, -0.25) is 4.79 Å². The largest absolute Gasteiger partial charge is 0.467 e. The highest BCUT2D eigenvalue weighted by Gasteiger charge is 2.21. The molecule has 0 fully saturated rings. The van der Waals surface area contributed by atoms with Crippen molar-refractivity contribution in [2.24, 2.45) is 5.92 Å². The van der Waals surface area contributed by atoms with Gasteiger partial charge in [0.05, 0.1) is 7.11 Å². The van der Waals surface area contributed by atoms with Crippen LogP contribution in [0, 0.1) is 5.92 Å². The van der Waals surface area contributed by atoms with Crippen molar-refractivity contribution in [2.75, 3.05) is 7.11 Å². The number of carbonyl (C=O) groups is 2. The molecule has 0 unspecified atom stereocenters. The lowest BCUT2D eigenvalue weighted by atomic mass is 10.0. The van der Waals surface area contributed by atoms with Gasteiger partial charge in [-0.15, -0.1) is 0 Å². The summed E-state index contributed by atoms with van der Waals surface area (Å²) < 4.78 is 4.61. The van der Waals surface area contributed by atoms with Crippen LogP contribution in [-0.2, 0) is 14.3 Å². The highest BCUT2D eigenvalue weighted by atomic mass is 16.5. The molecule has 0 rings (SSSR count). The van der Waals surface area contributed by atoms with Gasteiger partial charge in [0.1, 0.15) is 6.04 Å². The summed E-state index contributed by atoms with van der Waals surface area (Å²) in [6, 6.07) is -0.557. The summed E-state index contributed by atoms with van der Waals surface area (Å²) in [4.78, 5) is 22.6. The van der Waals surface area contributed by atoms with E-state index in [9.17, 15) is 9.59 Å². The Balaban J connectivity index is 4.36. The van der Waals surface area contributed by atoms with Crippen molar-refractivity contribution in [3.05, 3.63) is 12.2 Å². The summed E-state index contributed by atoms with van der Waals surface area (Å²) in [6.07, 6.45) is 3.59. The van der Waals surface area contributed by atoms with E-state index in [0.717, 1.165) is 0 Å². The van der Waals surface area contributed by atoms with Gasteiger partial charge in [0.15, 0.2) is 0 Å². The zero-order valence-corrected chi connectivity index (χ0v) is 9.74. The van der Waals surface area contributed by atoms with Gasteiger partial charge in [-0.05, 0) is 25.3 Å². The zero-order valence-electron chi connectivity index (χ0n) is 9.74. The van der Waals surface area contributed by atoms with Crippen LogP contribution in [0.2, 0.25) is 0 Å². The maximum absolute atomic E-state index is 11.3. The minimum absolute atomic E-state index is 0.270. The van der Waals surface area contributed by atoms with Crippen molar-refractivity contribution in [3.63, 3.8) is 0 Å². The number of allylic oxidation sites excluding steroid dienone is 1. The summed E-state index contributed by atoms with van der Waals surface area (Å²) >= 11 is 0. The lowest BCUT2D eigenvalue weighted by Gasteiger charge is -2.17. The number of carbonyl (C=O) groups excluding carboxylic acids is 2. The Labute approximate surface area is 90.7 Å². The fourth-order valence-electron chi connectivity index (χ4n) is 1.20. The molecule has 0 spiro atoms. The molecule has 0 aromatic heterocycles. The van der Waals surface area contributed by atoms with Crippen molar-refractivity contribution < 1.29 is 14.3 Å². The van der Waals surface area contributed by atoms with Crippen LogP contribution in [0.25, 0.3) is 0 Å². The van der Waals surface area contributed by atoms with Crippen LogP contribution in [0.3, 0.4) is 0 Å². The Morgan fingerprint density at radius 3 is 2.40 bits per heavy atom. The molecule has 0 aliphatic carbocycles. The molecule has 4 nitrogen and oxygen atoms in total. The molecule has 1 amide bonds. The fourth-order valence-corrected chi connectivity index (χ4v) is 1.20. The van der Waals surface area contributed by atoms with Gasteiger partial charge < -0.3 is 10.1 Å². The number of hydrogen-bond donors (Lipinski definition) is 1. The van der Waals surface area contributed by atoms with Crippen LogP contribution in [0.1, 0.15) is 27.2 Å². The van der Waals surface area contributed by atoms with E-state index < -0.39 is 12.0 Å². The van der Waals surface area contributed by atoms with E-state index in [2.05, 4.69) is 10.1 Å². The normalized spacial score (nSPS) is 12.9. The molecule has 0 aliphatic heterocycles. The van der Waals surface area contributed by atoms with Gasteiger partial charge in [-0.2, -0.15) is 0 Å². The van der Waals surface area contributed by atoms with Crippen LogP contribution in [-0.4, -0.2) is 25.0 Å². The summed E-state index contributed by atoms with van der Waals surface area (Å²) in [5, 5.41) is 2.60. The topological polar surface area (TPSA) is 55.4 Å². The highest BCUT2D eigenvalue weighted by Crippen LogP contribution is 2.06. The van der Waals surface area contributed by atoms with E-state index >= 15 is 0 Å². The van der Waals surface area contributed by atoms with Gasteiger partial charge >= 0.3 is 5.97 Å². The first kappa shape index (κ1) is 13.7. The predicted molar refractivity (Wildman–Crippen MR) is 58.2 cm³/mol. The lowest BCUT2D eigenvalue weighted by Crippen LogP contribution is -2.41. The molecular weight excluding hydrogens is 194 g/mol. The van der Waals surface area contributed by atoms with E-state index in [1.54, 1.807) is 13.0 Å². The maximum atomic E-state index is 11.3. The van der Waals surface area contributed by atoms with Crippen molar-refractivity contribution in [3.8, 4) is 0 Å². The molecule has 0 aromatic rings. The van der Waals surface area contributed by atoms with Crippen LogP contribution >= 0.6 is 0 Å². The number of rotatable bonds is 5. The highest BCUT2D eigenvalue weighted by molar-refractivity contribution is 5.91. The second-order valence-corrected chi connectivity index (χ2v) is 3.71. The Hall–Kier alpha value is -1.32. The molecule has 0 saturated carbocycles. The number of ether oxygens (including phenoxy) is 1. The minimum Gasteiger partial charge on any atom is -0.467 e. The molecule has 0 bridgehead atoms. The van der Waals surface area contributed by atoms with Crippen molar-refractivity contribution in [1.82, 2.24) is 5.32 Å². The molecule has 0 heterocycles. The predicted octanol–water partition coefficient (Wildman–Crippen LogP) is 1.27. The average Bonchev–Trinajstić information content (AvgIpc) is 2.15. The van der Waals surface area contributed by atoms with Gasteiger partial charge in [0.2, 0.25) is 5.91 Å². The molecule has 4 heteroatoms. The van der Waals surface area contributed by atoms with Crippen molar-refractivity contribution in [1.29, 1.82) is 0 Å². The SMILES string of the molecule is C/C=C/C(=O)N[C@@H](CC(C)C)C(=O)OC.